The average Bonchev–Trinajstić information content (AvgIpc) is 3.11. The van der Waals surface area contributed by atoms with Crippen LogP contribution >= 0.6 is 0 Å². The first-order chi connectivity index (χ1) is 16.4. The van der Waals surface area contributed by atoms with Gasteiger partial charge in [-0.2, -0.15) is 0 Å². The Morgan fingerprint density at radius 3 is 2.09 bits per heavy atom. The standard InChI is InChI=1S/C25H17F2N5O2/c26-17-8-6-16(7-9-17)23-29-20(22(28)33)21-24(30-23)32(19-12-10-18(27)11-13-19)25(34)31(21)14-15-4-2-1-3-5-15/h1-13H,14H2,(H2,28,33). The highest BCUT2D eigenvalue weighted by Crippen LogP contribution is 2.24. The van der Waals surface area contributed by atoms with E-state index >= 15 is 0 Å². The first kappa shape index (κ1) is 21.2. The SMILES string of the molecule is NC(=O)c1nc(-c2ccc(F)cc2)nc2c1n(Cc1ccccc1)c(=O)n2-c1ccc(F)cc1. The van der Waals surface area contributed by atoms with Crippen LogP contribution in [0, 0.1) is 11.6 Å². The van der Waals surface area contributed by atoms with Crippen molar-refractivity contribution in [1.82, 2.24) is 19.1 Å². The van der Waals surface area contributed by atoms with E-state index in [0.717, 1.165) is 5.56 Å². The number of imidazole rings is 1. The van der Waals surface area contributed by atoms with Crippen molar-refractivity contribution in [2.24, 2.45) is 5.73 Å². The van der Waals surface area contributed by atoms with Gasteiger partial charge in [0.15, 0.2) is 17.2 Å². The zero-order valence-electron chi connectivity index (χ0n) is 17.7. The molecule has 5 rings (SSSR count). The molecule has 9 heteroatoms. The Hall–Kier alpha value is -4.66. The maximum Gasteiger partial charge on any atom is 0.335 e. The summed E-state index contributed by atoms with van der Waals surface area (Å²) < 4.78 is 29.7. The van der Waals surface area contributed by atoms with Crippen LogP contribution in [-0.4, -0.2) is 25.0 Å². The first-order valence-corrected chi connectivity index (χ1v) is 10.3. The molecule has 0 unspecified atom stereocenters. The molecular weight excluding hydrogens is 440 g/mol. The molecule has 2 aromatic heterocycles. The molecule has 0 bridgehead atoms. The van der Waals surface area contributed by atoms with E-state index in [1.165, 1.54) is 57.7 Å². The summed E-state index contributed by atoms with van der Waals surface area (Å²) >= 11 is 0. The number of nitrogens with zero attached hydrogens (tertiary/aromatic N) is 4. The fourth-order valence-corrected chi connectivity index (χ4v) is 3.79. The van der Waals surface area contributed by atoms with Crippen LogP contribution < -0.4 is 11.4 Å². The second-order valence-electron chi connectivity index (χ2n) is 7.61. The minimum atomic E-state index is -0.853. The smallest absolute Gasteiger partial charge is 0.335 e. The third-order valence-corrected chi connectivity index (χ3v) is 5.37. The highest BCUT2D eigenvalue weighted by atomic mass is 19.1. The number of hydrogen-bond acceptors (Lipinski definition) is 4. The predicted molar refractivity (Wildman–Crippen MR) is 123 cm³/mol. The van der Waals surface area contributed by atoms with Crippen LogP contribution in [0.4, 0.5) is 8.78 Å². The summed E-state index contributed by atoms with van der Waals surface area (Å²) in [6, 6.07) is 19.9. The second-order valence-corrected chi connectivity index (χ2v) is 7.61. The molecule has 0 spiro atoms. The molecule has 0 fully saturated rings. The van der Waals surface area contributed by atoms with Gasteiger partial charge in [0.2, 0.25) is 0 Å². The van der Waals surface area contributed by atoms with Crippen molar-refractivity contribution in [1.29, 1.82) is 0 Å². The fourth-order valence-electron chi connectivity index (χ4n) is 3.79. The van der Waals surface area contributed by atoms with Crippen molar-refractivity contribution >= 4 is 17.1 Å². The molecule has 1 amide bonds. The maximum absolute atomic E-state index is 13.6. The number of nitrogens with two attached hydrogens (primary N) is 1. The third kappa shape index (κ3) is 3.73. The Bertz CT molecular complexity index is 1580. The van der Waals surface area contributed by atoms with Crippen molar-refractivity contribution in [2.45, 2.75) is 6.54 Å². The quantitative estimate of drug-likeness (QED) is 0.436. The van der Waals surface area contributed by atoms with E-state index < -0.39 is 23.2 Å². The van der Waals surface area contributed by atoms with Crippen LogP contribution in [0.2, 0.25) is 0 Å². The van der Waals surface area contributed by atoms with Gasteiger partial charge in [-0.3, -0.25) is 9.36 Å². The number of amides is 1. The molecule has 168 valence electrons. The molecule has 2 heterocycles. The number of carbonyl (C=O) groups excluding carboxylic acids is 1. The number of aromatic nitrogens is 4. The fraction of sp³-hybridized carbons (Fsp3) is 0.0400. The first-order valence-electron chi connectivity index (χ1n) is 10.3. The lowest BCUT2D eigenvalue weighted by Gasteiger charge is -2.08. The van der Waals surface area contributed by atoms with E-state index in [4.69, 9.17) is 5.73 Å². The molecule has 2 N–H and O–H groups in total. The molecule has 0 radical (unpaired) electrons. The molecule has 0 saturated carbocycles. The maximum atomic E-state index is 13.6. The number of rotatable bonds is 5. The normalized spacial score (nSPS) is 11.1. The van der Waals surface area contributed by atoms with Gasteiger partial charge in [0.05, 0.1) is 12.2 Å². The van der Waals surface area contributed by atoms with E-state index in [1.54, 1.807) is 0 Å². The molecule has 5 aromatic rings. The van der Waals surface area contributed by atoms with E-state index in [0.29, 0.717) is 11.3 Å². The third-order valence-electron chi connectivity index (χ3n) is 5.37. The number of hydrogen-bond donors (Lipinski definition) is 1. The molecule has 0 aliphatic rings. The summed E-state index contributed by atoms with van der Waals surface area (Å²) in [6.45, 7) is 0.129. The lowest BCUT2D eigenvalue weighted by molar-refractivity contribution is 0.0997. The number of fused-ring (bicyclic) bond motifs is 1. The van der Waals surface area contributed by atoms with E-state index in [-0.39, 0.29) is 29.2 Å². The summed E-state index contributed by atoms with van der Waals surface area (Å²) in [6.07, 6.45) is 0. The molecule has 0 aliphatic heterocycles. The summed E-state index contributed by atoms with van der Waals surface area (Å²) in [7, 11) is 0. The summed E-state index contributed by atoms with van der Waals surface area (Å²) in [5, 5.41) is 0. The van der Waals surface area contributed by atoms with Gasteiger partial charge in [-0.1, -0.05) is 30.3 Å². The molecular formula is C25H17F2N5O2. The molecule has 34 heavy (non-hydrogen) atoms. The summed E-state index contributed by atoms with van der Waals surface area (Å²) in [5.41, 5.74) is 6.87. The number of halogens is 2. The Labute approximate surface area is 191 Å². The molecule has 7 nitrogen and oxygen atoms in total. The van der Waals surface area contributed by atoms with E-state index in [9.17, 15) is 18.4 Å². The van der Waals surface area contributed by atoms with Gasteiger partial charge < -0.3 is 5.73 Å². The van der Waals surface area contributed by atoms with Gasteiger partial charge in [-0.05, 0) is 54.1 Å². The van der Waals surface area contributed by atoms with Crippen molar-refractivity contribution in [3.8, 4) is 17.1 Å². The zero-order valence-corrected chi connectivity index (χ0v) is 17.7. The van der Waals surface area contributed by atoms with Gasteiger partial charge in [-0.15, -0.1) is 0 Å². The number of carbonyl (C=O) groups is 1. The predicted octanol–water partition coefficient (Wildman–Crippen LogP) is 3.67. The largest absolute Gasteiger partial charge is 0.364 e. The van der Waals surface area contributed by atoms with E-state index in [2.05, 4.69) is 9.97 Å². The van der Waals surface area contributed by atoms with Crippen molar-refractivity contribution in [3.05, 3.63) is 112 Å². The van der Waals surface area contributed by atoms with Crippen LogP contribution in [-0.2, 0) is 6.54 Å². The van der Waals surface area contributed by atoms with Crippen LogP contribution in [0.15, 0.2) is 83.7 Å². The van der Waals surface area contributed by atoms with Crippen LogP contribution in [0.25, 0.3) is 28.2 Å². The number of primary amides is 1. The topological polar surface area (TPSA) is 95.8 Å². The Kier molecular flexibility index (Phi) is 5.21. The summed E-state index contributed by atoms with van der Waals surface area (Å²) in [5.74, 6) is -1.68. The van der Waals surface area contributed by atoms with Gasteiger partial charge in [0.25, 0.3) is 5.91 Å². The van der Waals surface area contributed by atoms with Crippen LogP contribution in [0.3, 0.4) is 0 Å². The van der Waals surface area contributed by atoms with Crippen molar-refractivity contribution in [3.63, 3.8) is 0 Å². The Balaban J connectivity index is 1.85. The minimum Gasteiger partial charge on any atom is -0.364 e. The van der Waals surface area contributed by atoms with Crippen LogP contribution in [0.5, 0.6) is 0 Å². The molecule has 0 atom stereocenters. The molecule has 0 aliphatic carbocycles. The minimum absolute atomic E-state index is 0.0917. The molecule has 3 aromatic carbocycles. The highest BCUT2D eigenvalue weighted by Gasteiger charge is 2.24. The van der Waals surface area contributed by atoms with Gasteiger partial charge in [-0.25, -0.2) is 28.1 Å². The lowest BCUT2D eigenvalue weighted by Crippen LogP contribution is -2.24. The van der Waals surface area contributed by atoms with Crippen molar-refractivity contribution < 1.29 is 13.6 Å². The Morgan fingerprint density at radius 1 is 0.853 bits per heavy atom. The van der Waals surface area contributed by atoms with Gasteiger partial charge in [0.1, 0.15) is 17.2 Å². The molecule has 0 saturated heterocycles. The van der Waals surface area contributed by atoms with E-state index in [1.807, 2.05) is 30.3 Å². The Morgan fingerprint density at radius 2 is 1.47 bits per heavy atom. The highest BCUT2D eigenvalue weighted by molar-refractivity contribution is 6.02. The lowest BCUT2D eigenvalue weighted by atomic mass is 10.2. The van der Waals surface area contributed by atoms with Gasteiger partial charge in [0, 0.05) is 5.56 Å². The van der Waals surface area contributed by atoms with Gasteiger partial charge >= 0.3 is 5.69 Å². The van der Waals surface area contributed by atoms with Crippen LogP contribution in [0.1, 0.15) is 16.1 Å². The van der Waals surface area contributed by atoms with Crippen molar-refractivity contribution in [2.75, 3.05) is 0 Å². The summed E-state index contributed by atoms with van der Waals surface area (Å²) in [4.78, 5) is 34.9. The second kappa shape index (κ2) is 8.36. The average molecular weight is 457 g/mol. The monoisotopic (exact) mass is 457 g/mol. The number of benzene rings is 3. The zero-order chi connectivity index (χ0) is 23.8.